The SMILES string of the molecule is CCC(C)OC(=O)Cn1c(C2CC2)nc2c(N)cccc21. The standard InChI is InChI=1S/C16H21N3O2/c1-3-10(2)21-14(20)9-19-13-6-4-5-12(17)15(13)18-16(19)11-7-8-11/h4-6,10-11H,3,7-9,17H2,1-2H3. The molecule has 21 heavy (non-hydrogen) atoms. The van der Waals surface area contributed by atoms with Crippen molar-refractivity contribution in [1.29, 1.82) is 0 Å². The van der Waals surface area contributed by atoms with Gasteiger partial charge in [-0.25, -0.2) is 4.98 Å². The molecule has 1 fully saturated rings. The van der Waals surface area contributed by atoms with Gasteiger partial charge in [-0.05, 0) is 38.3 Å². The van der Waals surface area contributed by atoms with E-state index in [1.54, 1.807) is 0 Å². The Bertz CT molecular complexity index is 673. The minimum atomic E-state index is -0.215. The number of carbonyl (C=O) groups is 1. The third kappa shape index (κ3) is 2.73. The quantitative estimate of drug-likeness (QED) is 0.678. The van der Waals surface area contributed by atoms with E-state index in [4.69, 9.17) is 10.5 Å². The van der Waals surface area contributed by atoms with Crippen LogP contribution in [0.25, 0.3) is 11.0 Å². The smallest absolute Gasteiger partial charge is 0.326 e. The number of anilines is 1. The van der Waals surface area contributed by atoms with Crippen molar-refractivity contribution in [3.63, 3.8) is 0 Å². The number of rotatable bonds is 5. The Hall–Kier alpha value is -2.04. The first kappa shape index (κ1) is 13.9. The van der Waals surface area contributed by atoms with Crippen LogP contribution in [0.5, 0.6) is 0 Å². The van der Waals surface area contributed by atoms with E-state index in [0.29, 0.717) is 11.6 Å². The predicted octanol–water partition coefficient (Wildman–Crippen LogP) is 2.84. The maximum atomic E-state index is 12.1. The van der Waals surface area contributed by atoms with Crippen LogP contribution >= 0.6 is 0 Å². The lowest BCUT2D eigenvalue weighted by Gasteiger charge is -2.13. The molecule has 1 aliphatic rings. The number of benzene rings is 1. The second-order valence-electron chi connectivity index (χ2n) is 5.75. The fourth-order valence-corrected chi connectivity index (χ4v) is 2.48. The molecular weight excluding hydrogens is 266 g/mol. The summed E-state index contributed by atoms with van der Waals surface area (Å²) in [4.78, 5) is 16.8. The first-order valence-corrected chi connectivity index (χ1v) is 7.54. The minimum absolute atomic E-state index is 0.0540. The molecule has 5 heteroatoms. The van der Waals surface area contributed by atoms with Crippen molar-refractivity contribution in [2.75, 3.05) is 5.73 Å². The molecule has 1 unspecified atom stereocenters. The highest BCUT2D eigenvalue weighted by molar-refractivity contribution is 5.88. The van der Waals surface area contributed by atoms with E-state index < -0.39 is 0 Å². The van der Waals surface area contributed by atoms with E-state index in [1.807, 2.05) is 36.6 Å². The lowest BCUT2D eigenvalue weighted by molar-refractivity contribution is -0.149. The van der Waals surface area contributed by atoms with Gasteiger partial charge in [0, 0.05) is 5.92 Å². The average Bonchev–Trinajstić information content (AvgIpc) is 3.23. The Labute approximate surface area is 124 Å². The van der Waals surface area contributed by atoms with Gasteiger partial charge in [-0.1, -0.05) is 13.0 Å². The fraction of sp³-hybridized carbons (Fsp3) is 0.500. The van der Waals surface area contributed by atoms with Gasteiger partial charge in [-0.3, -0.25) is 4.79 Å². The van der Waals surface area contributed by atoms with E-state index in [9.17, 15) is 4.79 Å². The normalized spacial score (nSPS) is 16.1. The van der Waals surface area contributed by atoms with Crippen molar-refractivity contribution in [2.24, 2.45) is 0 Å². The van der Waals surface area contributed by atoms with Crippen LogP contribution in [0.4, 0.5) is 5.69 Å². The first-order valence-electron chi connectivity index (χ1n) is 7.54. The fourth-order valence-electron chi connectivity index (χ4n) is 2.48. The Morgan fingerprint density at radius 2 is 2.29 bits per heavy atom. The Kier molecular flexibility index (Phi) is 3.57. The molecule has 0 amide bonds. The number of para-hydroxylation sites is 1. The summed E-state index contributed by atoms with van der Waals surface area (Å²) in [6.07, 6.45) is 3.02. The maximum absolute atomic E-state index is 12.1. The summed E-state index contributed by atoms with van der Waals surface area (Å²) in [6.45, 7) is 4.11. The first-order chi connectivity index (χ1) is 10.1. The number of esters is 1. The molecule has 0 radical (unpaired) electrons. The third-order valence-corrected chi connectivity index (χ3v) is 3.98. The molecule has 0 bridgehead atoms. The predicted molar refractivity (Wildman–Crippen MR) is 82.0 cm³/mol. The highest BCUT2D eigenvalue weighted by atomic mass is 16.5. The lowest BCUT2D eigenvalue weighted by atomic mass is 10.3. The molecule has 2 aromatic rings. The second-order valence-corrected chi connectivity index (χ2v) is 5.75. The molecule has 5 nitrogen and oxygen atoms in total. The number of fused-ring (bicyclic) bond motifs is 1. The number of imidazole rings is 1. The summed E-state index contributed by atoms with van der Waals surface area (Å²) in [5, 5.41) is 0. The summed E-state index contributed by atoms with van der Waals surface area (Å²) < 4.78 is 7.35. The van der Waals surface area contributed by atoms with Crippen LogP contribution in [0.15, 0.2) is 18.2 Å². The summed E-state index contributed by atoms with van der Waals surface area (Å²) in [6, 6.07) is 5.70. The topological polar surface area (TPSA) is 70.1 Å². The van der Waals surface area contributed by atoms with E-state index in [0.717, 1.165) is 36.1 Å². The monoisotopic (exact) mass is 287 g/mol. The molecular formula is C16H21N3O2. The van der Waals surface area contributed by atoms with Crippen LogP contribution < -0.4 is 5.73 Å². The number of ether oxygens (including phenoxy) is 1. The molecule has 1 aliphatic carbocycles. The van der Waals surface area contributed by atoms with Crippen molar-refractivity contribution >= 4 is 22.7 Å². The van der Waals surface area contributed by atoms with E-state index in [2.05, 4.69) is 4.98 Å². The summed E-state index contributed by atoms with van der Waals surface area (Å²) in [5.74, 6) is 1.20. The zero-order valence-electron chi connectivity index (χ0n) is 12.5. The zero-order chi connectivity index (χ0) is 15.0. The molecule has 1 saturated carbocycles. The van der Waals surface area contributed by atoms with Crippen LogP contribution in [0.1, 0.15) is 44.9 Å². The molecule has 1 aromatic heterocycles. The van der Waals surface area contributed by atoms with Crippen LogP contribution in [-0.2, 0) is 16.1 Å². The van der Waals surface area contributed by atoms with Gasteiger partial charge in [-0.15, -0.1) is 0 Å². The molecule has 0 saturated heterocycles. The number of nitrogen functional groups attached to an aromatic ring is 1. The van der Waals surface area contributed by atoms with Gasteiger partial charge in [0.15, 0.2) is 0 Å². The number of hydrogen-bond acceptors (Lipinski definition) is 4. The summed E-state index contributed by atoms with van der Waals surface area (Å²) in [5.41, 5.74) is 8.36. The molecule has 1 aromatic carbocycles. The number of nitrogens with zero attached hydrogens (tertiary/aromatic N) is 2. The van der Waals surface area contributed by atoms with Gasteiger partial charge < -0.3 is 15.0 Å². The lowest BCUT2D eigenvalue weighted by Crippen LogP contribution is -2.20. The second kappa shape index (κ2) is 5.39. The molecule has 1 heterocycles. The van der Waals surface area contributed by atoms with E-state index >= 15 is 0 Å². The number of nitrogens with two attached hydrogens (primary N) is 1. The number of aromatic nitrogens is 2. The van der Waals surface area contributed by atoms with Crippen molar-refractivity contribution in [1.82, 2.24) is 9.55 Å². The summed E-state index contributed by atoms with van der Waals surface area (Å²) in [7, 11) is 0. The largest absolute Gasteiger partial charge is 0.461 e. The molecule has 1 atom stereocenters. The maximum Gasteiger partial charge on any atom is 0.326 e. The molecule has 0 spiro atoms. The van der Waals surface area contributed by atoms with Crippen LogP contribution in [0.2, 0.25) is 0 Å². The van der Waals surface area contributed by atoms with Crippen molar-refractivity contribution in [2.45, 2.75) is 51.7 Å². The Morgan fingerprint density at radius 1 is 1.52 bits per heavy atom. The van der Waals surface area contributed by atoms with Crippen LogP contribution in [0.3, 0.4) is 0 Å². The van der Waals surface area contributed by atoms with Crippen molar-refractivity contribution < 1.29 is 9.53 Å². The van der Waals surface area contributed by atoms with Gasteiger partial charge in [0.05, 0.1) is 17.3 Å². The highest BCUT2D eigenvalue weighted by Crippen LogP contribution is 2.41. The van der Waals surface area contributed by atoms with Gasteiger partial charge in [0.2, 0.25) is 0 Å². The van der Waals surface area contributed by atoms with Gasteiger partial charge in [-0.2, -0.15) is 0 Å². The minimum Gasteiger partial charge on any atom is -0.461 e. The van der Waals surface area contributed by atoms with E-state index in [-0.39, 0.29) is 18.6 Å². The Morgan fingerprint density at radius 3 is 2.95 bits per heavy atom. The van der Waals surface area contributed by atoms with E-state index in [1.165, 1.54) is 0 Å². The molecule has 0 aliphatic heterocycles. The van der Waals surface area contributed by atoms with Crippen LogP contribution in [-0.4, -0.2) is 21.6 Å². The molecule has 112 valence electrons. The summed E-state index contributed by atoms with van der Waals surface area (Å²) >= 11 is 0. The number of carbonyl (C=O) groups excluding carboxylic acids is 1. The van der Waals surface area contributed by atoms with Crippen LogP contribution in [0, 0.1) is 0 Å². The number of hydrogen-bond donors (Lipinski definition) is 1. The average molecular weight is 287 g/mol. The van der Waals surface area contributed by atoms with Crippen molar-refractivity contribution in [3.8, 4) is 0 Å². The zero-order valence-corrected chi connectivity index (χ0v) is 12.5. The van der Waals surface area contributed by atoms with Gasteiger partial charge >= 0.3 is 5.97 Å². The molecule has 2 N–H and O–H groups in total. The van der Waals surface area contributed by atoms with Crippen molar-refractivity contribution in [3.05, 3.63) is 24.0 Å². The molecule has 3 rings (SSSR count). The van der Waals surface area contributed by atoms with Gasteiger partial charge in [0.1, 0.15) is 17.9 Å². The third-order valence-electron chi connectivity index (χ3n) is 3.98. The highest BCUT2D eigenvalue weighted by Gasteiger charge is 2.30. The Balaban J connectivity index is 1.94. The van der Waals surface area contributed by atoms with Gasteiger partial charge in [0.25, 0.3) is 0 Å².